The molecule has 1 aromatic heterocycles. The second kappa shape index (κ2) is 3.45. The van der Waals surface area contributed by atoms with E-state index in [4.69, 9.17) is 11.6 Å². The highest BCUT2D eigenvalue weighted by molar-refractivity contribution is 9.10. The standard InChI is InChI=1S/C7H2BrClN2O2S/c8-4-1-3(11(12)13)2-5-6(4)10-7(9)14-5/h1-2H. The first kappa shape index (κ1) is 9.82. The summed E-state index contributed by atoms with van der Waals surface area (Å²) in [5.74, 6) is 0. The topological polar surface area (TPSA) is 56.0 Å². The molecule has 0 amide bonds. The van der Waals surface area contributed by atoms with E-state index in [2.05, 4.69) is 20.9 Å². The van der Waals surface area contributed by atoms with E-state index in [1.807, 2.05) is 0 Å². The van der Waals surface area contributed by atoms with Crippen LogP contribution in [-0.2, 0) is 0 Å². The van der Waals surface area contributed by atoms with Gasteiger partial charge in [0.15, 0.2) is 4.47 Å². The first-order valence-electron chi connectivity index (χ1n) is 3.48. The molecule has 7 heteroatoms. The van der Waals surface area contributed by atoms with Crippen LogP contribution in [0.1, 0.15) is 0 Å². The van der Waals surface area contributed by atoms with Gasteiger partial charge in [-0.1, -0.05) is 11.6 Å². The molecule has 0 bridgehead atoms. The van der Waals surface area contributed by atoms with Gasteiger partial charge in [0.1, 0.15) is 0 Å². The Bertz CT molecular complexity index is 528. The zero-order chi connectivity index (χ0) is 10.3. The molecule has 0 spiro atoms. The Labute approximate surface area is 95.8 Å². The summed E-state index contributed by atoms with van der Waals surface area (Å²) in [6.07, 6.45) is 0. The van der Waals surface area contributed by atoms with Gasteiger partial charge < -0.3 is 0 Å². The van der Waals surface area contributed by atoms with Gasteiger partial charge >= 0.3 is 0 Å². The summed E-state index contributed by atoms with van der Waals surface area (Å²) in [7, 11) is 0. The Kier molecular flexibility index (Phi) is 2.42. The SMILES string of the molecule is O=[N+]([O-])c1cc(Br)c2nc(Cl)sc2c1. The van der Waals surface area contributed by atoms with Crippen LogP contribution in [0.25, 0.3) is 10.2 Å². The van der Waals surface area contributed by atoms with Gasteiger partial charge in [-0.2, -0.15) is 0 Å². The highest BCUT2D eigenvalue weighted by atomic mass is 79.9. The Balaban J connectivity index is 2.77. The minimum Gasteiger partial charge on any atom is -0.258 e. The van der Waals surface area contributed by atoms with E-state index >= 15 is 0 Å². The second-order valence-corrected chi connectivity index (χ2v) is 4.97. The smallest absolute Gasteiger partial charge is 0.258 e. The molecular weight excluding hydrogens is 292 g/mol. The lowest BCUT2D eigenvalue weighted by Crippen LogP contribution is -1.87. The number of aromatic nitrogens is 1. The summed E-state index contributed by atoms with van der Waals surface area (Å²) in [6.45, 7) is 0. The van der Waals surface area contributed by atoms with E-state index in [1.165, 1.54) is 23.5 Å². The summed E-state index contributed by atoms with van der Waals surface area (Å²) in [4.78, 5) is 14.1. The van der Waals surface area contributed by atoms with Crippen molar-refractivity contribution in [2.75, 3.05) is 0 Å². The van der Waals surface area contributed by atoms with Gasteiger partial charge in [-0.05, 0) is 15.9 Å². The molecule has 0 radical (unpaired) electrons. The van der Waals surface area contributed by atoms with Gasteiger partial charge in [0.2, 0.25) is 0 Å². The van der Waals surface area contributed by atoms with Gasteiger partial charge in [-0.25, -0.2) is 4.98 Å². The fourth-order valence-corrected chi connectivity index (χ4v) is 2.81. The average Bonchev–Trinajstić information content (AvgIpc) is 2.45. The largest absolute Gasteiger partial charge is 0.272 e. The van der Waals surface area contributed by atoms with Crippen molar-refractivity contribution in [2.45, 2.75) is 0 Å². The van der Waals surface area contributed by atoms with Crippen LogP contribution in [0.4, 0.5) is 5.69 Å². The maximum absolute atomic E-state index is 10.5. The van der Waals surface area contributed by atoms with Crippen LogP contribution < -0.4 is 0 Å². The number of hydrogen-bond donors (Lipinski definition) is 0. The summed E-state index contributed by atoms with van der Waals surface area (Å²) in [5, 5.41) is 10.5. The number of halogens is 2. The summed E-state index contributed by atoms with van der Waals surface area (Å²) in [5.41, 5.74) is 0.690. The molecule has 0 saturated carbocycles. The van der Waals surface area contributed by atoms with Crippen molar-refractivity contribution in [3.05, 3.63) is 31.2 Å². The van der Waals surface area contributed by atoms with E-state index in [9.17, 15) is 10.1 Å². The summed E-state index contributed by atoms with van der Waals surface area (Å²) >= 11 is 10.1. The monoisotopic (exact) mass is 292 g/mol. The van der Waals surface area contributed by atoms with Crippen LogP contribution in [0.2, 0.25) is 4.47 Å². The molecule has 0 fully saturated rings. The van der Waals surface area contributed by atoms with Gasteiger partial charge in [0, 0.05) is 12.1 Å². The van der Waals surface area contributed by atoms with Crippen molar-refractivity contribution >= 4 is 54.8 Å². The van der Waals surface area contributed by atoms with Gasteiger partial charge in [-0.15, -0.1) is 11.3 Å². The summed E-state index contributed by atoms with van der Waals surface area (Å²) in [6, 6.07) is 2.88. The fourth-order valence-electron chi connectivity index (χ4n) is 1.05. The first-order chi connectivity index (χ1) is 6.58. The van der Waals surface area contributed by atoms with E-state index < -0.39 is 4.92 Å². The van der Waals surface area contributed by atoms with Crippen molar-refractivity contribution in [3.63, 3.8) is 0 Å². The highest BCUT2D eigenvalue weighted by Crippen LogP contribution is 2.34. The molecule has 0 aliphatic heterocycles. The van der Waals surface area contributed by atoms with E-state index in [0.717, 1.165) is 0 Å². The minimum atomic E-state index is -0.447. The maximum Gasteiger partial charge on any atom is 0.272 e. The number of rotatable bonds is 1. The summed E-state index contributed by atoms with van der Waals surface area (Å²) < 4.78 is 1.67. The number of nitrogens with zero attached hydrogens (tertiary/aromatic N) is 2. The Morgan fingerprint density at radius 2 is 2.29 bits per heavy atom. The number of hydrogen-bond acceptors (Lipinski definition) is 4. The molecule has 14 heavy (non-hydrogen) atoms. The van der Waals surface area contributed by atoms with Crippen molar-refractivity contribution < 1.29 is 4.92 Å². The predicted molar refractivity (Wildman–Crippen MR) is 59.0 cm³/mol. The number of benzene rings is 1. The molecule has 72 valence electrons. The zero-order valence-corrected chi connectivity index (χ0v) is 9.69. The quantitative estimate of drug-likeness (QED) is 0.596. The molecule has 0 atom stereocenters. The third kappa shape index (κ3) is 1.60. The Morgan fingerprint density at radius 3 is 2.93 bits per heavy atom. The molecule has 0 aliphatic carbocycles. The lowest BCUT2D eigenvalue weighted by Gasteiger charge is -1.93. The molecular formula is C7H2BrClN2O2S. The van der Waals surface area contributed by atoms with Crippen LogP contribution >= 0.6 is 38.9 Å². The average molecular weight is 294 g/mol. The van der Waals surface area contributed by atoms with Crippen LogP contribution in [0.15, 0.2) is 16.6 Å². The molecule has 0 N–H and O–H groups in total. The third-order valence-corrected chi connectivity index (χ3v) is 3.33. The predicted octanol–water partition coefficient (Wildman–Crippen LogP) is 3.62. The fraction of sp³-hybridized carbons (Fsp3) is 0. The Morgan fingerprint density at radius 1 is 1.57 bits per heavy atom. The van der Waals surface area contributed by atoms with Crippen LogP contribution in [0, 0.1) is 10.1 Å². The third-order valence-electron chi connectivity index (χ3n) is 1.62. The van der Waals surface area contributed by atoms with Crippen LogP contribution in [-0.4, -0.2) is 9.91 Å². The Hall–Kier alpha value is -0.720. The zero-order valence-electron chi connectivity index (χ0n) is 6.53. The van der Waals surface area contributed by atoms with Crippen LogP contribution in [0.5, 0.6) is 0 Å². The normalized spacial score (nSPS) is 10.7. The van der Waals surface area contributed by atoms with Crippen LogP contribution in [0.3, 0.4) is 0 Å². The van der Waals surface area contributed by atoms with Crippen molar-refractivity contribution in [3.8, 4) is 0 Å². The lowest BCUT2D eigenvalue weighted by atomic mass is 10.3. The first-order valence-corrected chi connectivity index (χ1v) is 5.46. The number of nitro groups is 1. The van der Waals surface area contributed by atoms with Crippen molar-refractivity contribution in [1.29, 1.82) is 0 Å². The lowest BCUT2D eigenvalue weighted by molar-refractivity contribution is -0.384. The van der Waals surface area contributed by atoms with Crippen molar-refractivity contribution in [2.24, 2.45) is 0 Å². The van der Waals surface area contributed by atoms with E-state index in [0.29, 0.717) is 19.2 Å². The molecule has 1 heterocycles. The number of fused-ring (bicyclic) bond motifs is 1. The molecule has 2 rings (SSSR count). The molecule has 2 aromatic rings. The van der Waals surface area contributed by atoms with Gasteiger partial charge in [0.25, 0.3) is 5.69 Å². The molecule has 0 saturated heterocycles. The molecule has 0 aliphatic rings. The maximum atomic E-state index is 10.5. The second-order valence-electron chi connectivity index (χ2n) is 2.50. The number of thiazole rings is 1. The van der Waals surface area contributed by atoms with Gasteiger partial charge in [0.05, 0.1) is 19.6 Å². The molecule has 0 unspecified atom stereocenters. The highest BCUT2D eigenvalue weighted by Gasteiger charge is 2.13. The molecule has 1 aromatic carbocycles. The van der Waals surface area contributed by atoms with Crippen molar-refractivity contribution in [1.82, 2.24) is 4.98 Å². The van der Waals surface area contributed by atoms with E-state index in [1.54, 1.807) is 0 Å². The number of nitro benzene ring substituents is 1. The molecule has 4 nitrogen and oxygen atoms in total. The van der Waals surface area contributed by atoms with E-state index in [-0.39, 0.29) is 5.69 Å². The minimum absolute atomic E-state index is 0.0321. The van der Waals surface area contributed by atoms with Gasteiger partial charge in [-0.3, -0.25) is 10.1 Å². The number of non-ortho nitro benzene ring substituents is 1.